The molecule has 0 radical (unpaired) electrons. The number of ether oxygens (including phenoxy) is 1. The maximum atomic E-state index is 13.4. The Hall–Kier alpha value is -3.26. The number of benzene rings is 2. The molecule has 0 unspecified atom stereocenters. The molecule has 0 bridgehead atoms. The summed E-state index contributed by atoms with van der Waals surface area (Å²) in [5.41, 5.74) is 10.7. The highest BCUT2D eigenvalue weighted by Crippen LogP contribution is 2.42. The third-order valence-electron chi connectivity index (χ3n) is 5.29. The normalized spacial score (nSPS) is 18.4. The first-order valence-electron chi connectivity index (χ1n) is 9.17. The molecule has 1 fully saturated rings. The molecule has 0 atom stereocenters. The second-order valence-electron chi connectivity index (χ2n) is 7.13. The molecular weight excluding hydrogens is 361 g/mol. The van der Waals surface area contributed by atoms with Crippen LogP contribution in [0.4, 0.5) is 14.9 Å². The summed E-state index contributed by atoms with van der Waals surface area (Å²) in [7, 11) is 1.73. The first-order valence-corrected chi connectivity index (χ1v) is 9.17. The minimum Gasteiger partial charge on any atom is -0.487 e. The van der Waals surface area contributed by atoms with Crippen LogP contribution >= 0.6 is 0 Å². The Bertz CT molecular complexity index is 985. The molecule has 0 aliphatic carbocycles. The molecule has 0 saturated carbocycles. The van der Waals surface area contributed by atoms with Crippen LogP contribution in [0.2, 0.25) is 0 Å². The van der Waals surface area contributed by atoms with Gasteiger partial charge in [0.15, 0.2) is 0 Å². The molecule has 2 aromatic rings. The molecule has 0 aromatic heterocycles. The Morgan fingerprint density at radius 2 is 1.93 bits per heavy atom. The van der Waals surface area contributed by atoms with Gasteiger partial charge in [-0.25, -0.2) is 9.18 Å². The number of hydrogen-bond donors (Lipinski definition) is 4. The zero-order valence-corrected chi connectivity index (χ0v) is 15.3. The summed E-state index contributed by atoms with van der Waals surface area (Å²) < 4.78 is 19.4. The van der Waals surface area contributed by atoms with E-state index in [1.54, 1.807) is 24.1 Å². The summed E-state index contributed by atoms with van der Waals surface area (Å²) >= 11 is 0. The predicted octanol–water partition coefficient (Wildman–Crippen LogP) is 2.10. The van der Waals surface area contributed by atoms with Gasteiger partial charge in [0.05, 0.1) is 17.4 Å². The number of hydrogen-bond acceptors (Lipinski definition) is 5. The van der Waals surface area contributed by atoms with E-state index in [4.69, 9.17) is 4.74 Å². The SMILES string of the molecule is CN1C(=O)NNC2=C1c1cc(NC3CNC3)c(-c3ccc(F)cc3)cc1OC2. The van der Waals surface area contributed by atoms with Crippen LogP contribution in [0.25, 0.3) is 16.8 Å². The Kier molecular flexibility index (Phi) is 3.87. The number of fused-ring (bicyclic) bond motifs is 2. The van der Waals surface area contributed by atoms with E-state index in [9.17, 15) is 9.18 Å². The van der Waals surface area contributed by atoms with Crippen LogP contribution in [0.5, 0.6) is 5.75 Å². The average Bonchev–Trinajstić information content (AvgIpc) is 2.67. The first-order chi connectivity index (χ1) is 13.6. The van der Waals surface area contributed by atoms with Gasteiger partial charge in [-0.1, -0.05) is 12.1 Å². The lowest BCUT2D eigenvalue weighted by Gasteiger charge is -2.35. The van der Waals surface area contributed by atoms with Crippen LogP contribution in [0.3, 0.4) is 0 Å². The summed E-state index contributed by atoms with van der Waals surface area (Å²) in [6.07, 6.45) is 0. The van der Waals surface area contributed by atoms with E-state index in [-0.39, 0.29) is 11.8 Å². The fourth-order valence-electron chi connectivity index (χ4n) is 3.66. The quantitative estimate of drug-likeness (QED) is 0.655. The number of halogens is 1. The fourth-order valence-corrected chi connectivity index (χ4v) is 3.66. The topological polar surface area (TPSA) is 77.7 Å². The van der Waals surface area contributed by atoms with Gasteiger partial charge < -0.3 is 15.4 Å². The number of anilines is 1. The van der Waals surface area contributed by atoms with Crippen molar-refractivity contribution in [3.05, 3.63) is 53.5 Å². The van der Waals surface area contributed by atoms with E-state index in [2.05, 4.69) is 21.5 Å². The van der Waals surface area contributed by atoms with Gasteiger partial charge in [-0.2, -0.15) is 0 Å². The van der Waals surface area contributed by atoms with Gasteiger partial charge in [0.2, 0.25) is 0 Å². The van der Waals surface area contributed by atoms with E-state index < -0.39 is 0 Å². The van der Waals surface area contributed by atoms with E-state index >= 15 is 0 Å². The van der Waals surface area contributed by atoms with Crippen molar-refractivity contribution in [2.75, 3.05) is 32.1 Å². The number of amides is 2. The maximum absolute atomic E-state index is 13.4. The molecule has 28 heavy (non-hydrogen) atoms. The van der Waals surface area contributed by atoms with Gasteiger partial charge in [-0.15, -0.1) is 0 Å². The first kappa shape index (κ1) is 16.9. The molecule has 7 nitrogen and oxygen atoms in total. The molecular formula is C20H20FN5O2. The Morgan fingerprint density at radius 3 is 2.64 bits per heavy atom. The van der Waals surface area contributed by atoms with Gasteiger partial charge >= 0.3 is 6.03 Å². The lowest BCUT2D eigenvalue weighted by atomic mass is 9.96. The smallest absolute Gasteiger partial charge is 0.340 e. The van der Waals surface area contributed by atoms with Gasteiger partial charge in [-0.3, -0.25) is 15.8 Å². The van der Waals surface area contributed by atoms with Crippen molar-refractivity contribution in [2.24, 2.45) is 0 Å². The fraction of sp³-hybridized carbons (Fsp3) is 0.250. The van der Waals surface area contributed by atoms with Gasteiger partial charge in [0.25, 0.3) is 0 Å². The molecule has 3 aliphatic heterocycles. The Balaban J connectivity index is 1.64. The number of carbonyl (C=O) groups excluding carboxylic acids is 1. The highest BCUT2D eigenvalue weighted by Gasteiger charge is 2.31. The molecule has 1 saturated heterocycles. The van der Waals surface area contributed by atoms with Crippen molar-refractivity contribution < 1.29 is 13.9 Å². The Labute approximate surface area is 161 Å². The zero-order valence-electron chi connectivity index (χ0n) is 15.3. The third-order valence-corrected chi connectivity index (χ3v) is 5.29. The van der Waals surface area contributed by atoms with Crippen molar-refractivity contribution >= 4 is 17.4 Å². The average molecular weight is 381 g/mol. The van der Waals surface area contributed by atoms with Gasteiger partial charge in [0, 0.05) is 37.0 Å². The van der Waals surface area contributed by atoms with Crippen molar-refractivity contribution in [1.82, 2.24) is 21.1 Å². The largest absolute Gasteiger partial charge is 0.487 e. The molecule has 0 spiro atoms. The molecule has 4 N–H and O–H groups in total. The number of carbonyl (C=O) groups is 1. The van der Waals surface area contributed by atoms with Crippen LogP contribution in [0.1, 0.15) is 5.56 Å². The minimum absolute atomic E-state index is 0.230. The lowest BCUT2D eigenvalue weighted by molar-refractivity contribution is 0.213. The van der Waals surface area contributed by atoms with Gasteiger partial charge in [0.1, 0.15) is 18.2 Å². The molecule has 8 heteroatoms. The number of urea groups is 1. The van der Waals surface area contributed by atoms with Crippen molar-refractivity contribution in [1.29, 1.82) is 0 Å². The minimum atomic E-state index is -0.272. The second-order valence-corrected chi connectivity index (χ2v) is 7.13. The summed E-state index contributed by atoms with van der Waals surface area (Å²) in [4.78, 5) is 13.7. The summed E-state index contributed by atoms with van der Waals surface area (Å²) in [6, 6.07) is 10.5. The molecule has 3 heterocycles. The van der Waals surface area contributed by atoms with Crippen LogP contribution in [-0.4, -0.2) is 43.7 Å². The number of rotatable bonds is 3. The van der Waals surface area contributed by atoms with Crippen LogP contribution in [0, 0.1) is 5.82 Å². The molecule has 2 aromatic carbocycles. The molecule has 144 valence electrons. The second kappa shape index (κ2) is 6.42. The number of nitrogens with one attached hydrogen (secondary N) is 4. The standard InChI is InChI=1S/C20H20FN5O2/c1-26-19-15-6-16(23-13-8-22-9-13)14(11-2-4-12(21)5-3-11)7-18(15)28-10-17(19)24-25-20(26)27/h2-7,13,22-24H,8-10H2,1H3,(H,25,27). The highest BCUT2D eigenvalue weighted by molar-refractivity contribution is 5.93. The highest BCUT2D eigenvalue weighted by atomic mass is 19.1. The Morgan fingerprint density at radius 1 is 1.14 bits per heavy atom. The third kappa shape index (κ3) is 2.73. The maximum Gasteiger partial charge on any atom is 0.340 e. The monoisotopic (exact) mass is 381 g/mol. The van der Waals surface area contributed by atoms with E-state index in [1.807, 2.05) is 12.1 Å². The van der Waals surface area contributed by atoms with Crippen LogP contribution < -0.4 is 26.2 Å². The lowest BCUT2D eigenvalue weighted by Crippen LogP contribution is -2.52. The van der Waals surface area contributed by atoms with E-state index in [1.165, 1.54) is 12.1 Å². The molecule has 2 amide bonds. The van der Waals surface area contributed by atoms with Crippen molar-refractivity contribution in [3.63, 3.8) is 0 Å². The van der Waals surface area contributed by atoms with E-state index in [0.29, 0.717) is 18.4 Å². The molecule has 5 rings (SSSR count). The predicted molar refractivity (Wildman–Crippen MR) is 104 cm³/mol. The number of hydrazine groups is 1. The van der Waals surface area contributed by atoms with Crippen LogP contribution in [0.15, 0.2) is 42.1 Å². The molecule has 3 aliphatic rings. The summed E-state index contributed by atoms with van der Waals surface area (Å²) in [5, 5.41) is 6.81. The summed E-state index contributed by atoms with van der Waals surface area (Å²) in [5.74, 6) is 0.421. The van der Waals surface area contributed by atoms with Crippen LogP contribution in [-0.2, 0) is 0 Å². The van der Waals surface area contributed by atoms with E-state index in [0.717, 1.165) is 46.9 Å². The van der Waals surface area contributed by atoms with Crippen molar-refractivity contribution in [3.8, 4) is 16.9 Å². The zero-order chi connectivity index (χ0) is 19.3. The summed E-state index contributed by atoms with van der Waals surface area (Å²) in [6.45, 7) is 2.09. The van der Waals surface area contributed by atoms with Gasteiger partial charge in [-0.05, 0) is 29.8 Å². The van der Waals surface area contributed by atoms with Crippen molar-refractivity contribution in [2.45, 2.75) is 6.04 Å². The number of nitrogens with zero attached hydrogens (tertiary/aromatic N) is 1.